The Balaban J connectivity index is 1.41. The Bertz CT molecular complexity index is 1500. The number of halogens is 1. The van der Waals surface area contributed by atoms with Crippen LogP contribution >= 0.6 is 12.2 Å². The molecule has 1 saturated heterocycles. The average Bonchev–Trinajstić information content (AvgIpc) is 3.54. The van der Waals surface area contributed by atoms with Crippen LogP contribution in [0.1, 0.15) is 30.0 Å². The molecule has 2 atom stereocenters. The largest absolute Gasteiger partial charge is 0.459 e. The summed E-state index contributed by atoms with van der Waals surface area (Å²) >= 11 is 5.62. The highest BCUT2D eigenvalue weighted by Crippen LogP contribution is 2.40. The fourth-order valence-electron chi connectivity index (χ4n) is 4.39. The van der Waals surface area contributed by atoms with Gasteiger partial charge in [0.25, 0.3) is 5.69 Å². The van der Waals surface area contributed by atoms with E-state index in [0.29, 0.717) is 22.2 Å². The van der Waals surface area contributed by atoms with Gasteiger partial charge in [0.2, 0.25) is 5.91 Å². The molecule has 0 saturated carbocycles. The fraction of sp³-hybridized carbons (Fsp3) is 0.148. The van der Waals surface area contributed by atoms with Crippen molar-refractivity contribution < 1.29 is 18.5 Å². The predicted octanol–water partition coefficient (Wildman–Crippen LogP) is 5.39. The number of benzene rings is 2. The molecule has 2 aromatic carbocycles. The van der Waals surface area contributed by atoms with E-state index in [1.165, 1.54) is 24.3 Å². The van der Waals surface area contributed by atoms with Crippen molar-refractivity contribution >= 4 is 34.6 Å². The number of nitrogens with zero attached hydrogens (tertiary/aromatic N) is 3. The number of anilines is 1. The van der Waals surface area contributed by atoms with Crippen LogP contribution in [-0.2, 0) is 4.79 Å². The first-order valence-electron chi connectivity index (χ1n) is 11.8. The van der Waals surface area contributed by atoms with Crippen LogP contribution in [0, 0.1) is 15.9 Å². The summed E-state index contributed by atoms with van der Waals surface area (Å²) in [5, 5.41) is 17.5. The molecule has 0 bridgehead atoms. The number of hydrogen-bond donors (Lipinski definition) is 2. The van der Waals surface area contributed by atoms with Gasteiger partial charge in [-0.05, 0) is 48.6 Å². The van der Waals surface area contributed by atoms with E-state index in [1.54, 1.807) is 42.6 Å². The van der Waals surface area contributed by atoms with Gasteiger partial charge in [-0.1, -0.05) is 30.3 Å². The maximum absolute atomic E-state index is 14.0. The molecule has 38 heavy (non-hydrogen) atoms. The lowest BCUT2D eigenvalue weighted by atomic mass is 10.0. The number of nitro benzene ring substituents is 1. The zero-order chi connectivity index (χ0) is 26.6. The van der Waals surface area contributed by atoms with E-state index in [1.807, 2.05) is 23.1 Å². The van der Waals surface area contributed by atoms with Gasteiger partial charge in [-0.15, -0.1) is 0 Å². The molecule has 0 aliphatic carbocycles. The summed E-state index contributed by atoms with van der Waals surface area (Å²) in [7, 11) is 0. The van der Waals surface area contributed by atoms with E-state index in [9.17, 15) is 19.3 Å². The third-order valence-corrected chi connectivity index (χ3v) is 6.54. The summed E-state index contributed by atoms with van der Waals surface area (Å²) in [6, 6.07) is 20.4. The van der Waals surface area contributed by atoms with Crippen LogP contribution in [0.25, 0.3) is 11.3 Å². The van der Waals surface area contributed by atoms with Crippen molar-refractivity contribution in [1.82, 2.24) is 15.2 Å². The topological polar surface area (TPSA) is 114 Å². The second-order valence-corrected chi connectivity index (χ2v) is 8.99. The van der Waals surface area contributed by atoms with E-state index in [-0.39, 0.29) is 36.3 Å². The van der Waals surface area contributed by atoms with Crippen LogP contribution in [0.4, 0.5) is 15.8 Å². The minimum Gasteiger partial charge on any atom is -0.459 e. The number of rotatable bonds is 8. The molecule has 3 heterocycles. The highest BCUT2D eigenvalue weighted by atomic mass is 32.1. The standard InChI is InChI=1S/C27H22FN5O4S/c28-19-8-1-2-9-20(19)30-24(34)13-15-32-26(25(31-27(32)38)21-10-3-4-14-29-21)23-12-11-22(37-23)17-6-5-7-18(16-17)33(35)36/h1-12,14,16,25-26H,13,15H2,(H,30,34)(H,31,38)/t25-,26-/m0/s1. The van der Waals surface area contributed by atoms with Gasteiger partial charge in [-0.3, -0.25) is 19.9 Å². The number of pyridine rings is 1. The quantitative estimate of drug-likeness (QED) is 0.177. The summed E-state index contributed by atoms with van der Waals surface area (Å²) in [6.07, 6.45) is 1.72. The Kier molecular flexibility index (Phi) is 7.09. The third-order valence-electron chi connectivity index (χ3n) is 6.19. The van der Waals surface area contributed by atoms with Crippen LogP contribution < -0.4 is 10.6 Å². The van der Waals surface area contributed by atoms with Crippen molar-refractivity contribution in [2.75, 3.05) is 11.9 Å². The molecule has 1 amide bonds. The van der Waals surface area contributed by atoms with E-state index in [2.05, 4.69) is 15.6 Å². The van der Waals surface area contributed by atoms with Crippen LogP contribution in [0.3, 0.4) is 0 Å². The molecule has 0 spiro atoms. The summed E-state index contributed by atoms with van der Waals surface area (Å²) in [5.74, 6) is 0.119. The van der Waals surface area contributed by atoms with E-state index in [0.717, 1.165) is 5.69 Å². The number of non-ortho nitro benzene ring substituents is 1. The van der Waals surface area contributed by atoms with Crippen molar-refractivity contribution in [3.05, 3.63) is 112 Å². The molecule has 4 aromatic rings. The Hall–Kier alpha value is -4.64. The van der Waals surface area contributed by atoms with Crippen molar-refractivity contribution in [1.29, 1.82) is 0 Å². The maximum Gasteiger partial charge on any atom is 0.270 e. The number of thiocarbonyl (C=S) groups is 1. The zero-order valence-electron chi connectivity index (χ0n) is 19.9. The van der Waals surface area contributed by atoms with Crippen molar-refractivity contribution in [2.24, 2.45) is 0 Å². The molecule has 11 heteroatoms. The highest BCUT2D eigenvalue weighted by Gasteiger charge is 2.41. The number of carbonyl (C=O) groups excluding carboxylic acids is 1. The number of aromatic nitrogens is 1. The lowest BCUT2D eigenvalue weighted by Crippen LogP contribution is -2.32. The molecule has 1 aliphatic rings. The number of carbonyl (C=O) groups is 1. The molecule has 0 radical (unpaired) electrons. The smallest absolute Gasteiger partial charge is 0.270 e. The SMILES string of the molecule is O=C(CCN1C(=S)N[C@@H](c2ccccn2)[C@@H]1c1ccc(-c2cccc([N+](=O)[O-])c2)o1)Nc1ccccc1F. The van der Waals surface area contributed by atoms with Gasteiger partial charge in [-0.25, -0.2) is 4.39 Å². The Morgan fingerprint density at radius 3 is 2.71 bits per heavy atom. The summed E-state index contributed by atoms with van der Waals surface area (Å²) in [6.45, 7) is 0.229. The second-order valence-electron chi connectivity index (χ2n) is 8.61. The molecule has 9 nitrogen and oxygen atoms in total. The van der Waals surface area contributed by atoms with Crippen LogP contribution in [0.15, 0.2) is 89.5 Å². The van der Waals surface area contributed by atoms with Gasteiger partial charge in [0.1, 0.15) is 23.4 Å². The molecule has 5 rings (SSSR count). The minimum absolute atomic E-state index is 0.0417. The van der Waals surface area contributed by atoms with Gasteiger partial charge in [0.15, 0.2) is 5.11 Å². The predicted molar refractivity (Wildman–Crippen MR) is 143 cm³/mol. The molecule has 1 aliphatic heterocycles. The molecular formula is C27H22FN5O4S. The van der Waals surface area contributed by atoms with E-state index < -0.39 is 16.8 Å². The summed E-state index contributed by atoms with van der Waals surface area (Å²) < 4.78 is 20.2. The maximum atomic E-state index is 14.0. The first kappa shape index (κ1) is 25.0. The monoisotopic (exact) mass is 531 g/mol. The van der Waals surface area contributed by atoms with Crippen molar-refractivity contribution in [3.63, 3.8) is 0 Å². The molecule has 2 N–H and O–H groups in total. The second kappa shape index (κ2) is 10.8. The van der Waals surface area contributed by atoms with Gasteiger partial charge < -0.3 is 20.0 Å². The summed E-state index contributed by atoms with van der Waals surface area (Å²) in [4.78, 5) is 29.7. The molecule has 192 valence electrons. The number of furan rings is 1. The Morgan fingerprint density at radius 2 is 1.95 bits per heavy atom. The lowest BCUT2D eigenvalue weighted by Gasteiger charge is -2.25. The lowest BCUT2D eigenvalue weighted by molar-refractivity contribution is -0.384. The fourth-order valence-corrected chi connectivity index (χ4v) is 4.72. The first-order chi connectivity index (χ1) is 18.4. The molecule has 1 fully saturated rings. The van der Waals surface area contributed by atoms with Crippen molar-refractivity contribution in [2.45, 2.75) is 18.5 Å². The number of hydrogen-bond acceptors (Lipinski definition) is 6. The minimum atomic E-state index is -0.517. The number of amides is 1. The molecular weight excluding hydrogens is 509 g/mol. The normalized spacial score (nSPS) is 16.8. The van der Waals surface area contributed by atoms with Gasteiger partial charge in [-0.2, -0.15) is 0 Å². The van der Waals surface area contributed by atoms with Crippen LogP contribution in [-0.4, -0.2) is 32.4 Å². The van der Waals surface area contributed by atoms with Crippen LogP contribution in [0.2, 0.25) is 0 Å². The number of para-hydroxylation sites is 1. The highest BCUT2D eigenvalue weighted by molar-refractivity contribution is 7.80. The van der Waals surface area contributed by atoms with Gasteiger partial charge in [0.05, 0.1) is 22.3 Å². The third kappa shape index (κ3) is 5.23. The van der Waals surface area contributed by atoms with Gasteiger partial charge >= 0.3 is 0 Å². The zero-order valence-corrected chi connectivity index (χ0v) is 20.7. The molecule has 0 unspecified atom stereocenters. The van der Waals surface area contributed by atoms with Gasteiger partial charge in [0, 0.05) is 36.9 Å². The molecule has 2 aromatic heterocycles. The van der Waals surface area contributed by atoms with Crippen LogP contribution in [0.5, 0.6) is 0 Å². The van der Waals surface area contributed by atoms with Crippen molar-refractivity contribution in [3.8, 4) is 11.3 Å². The summed E-state index contributed by atoms with van der Waals surface area (Å²) in [5.41, 5.74) is 1.35. The number of nitro groups is 1. The van der Waals surface area contributed by atoms with E-state index >= 15 is 0 Å². The Labute approximate surface area is 222 Å². The number of nitrogens with one attached hydrogen (secondary N) is 2. The first-order valence-corrected chi connectivity index (χ1v) is 12.2. The average molecular weight is 532 g/mol. The Morgan fingerprint density at radius 1 is 1.13 bits per heavy atom. The van der Waals surface area contributed by atoms with E-state index in [4.69, 9.17) is 16.6 Å².